The van der Waals surface area contributed by atoms with Gasteiger partial charge in [-0.3, -0.25) is 4.79 Å². The molecule has 0 aromatic rings. The molecule has 0 aliphatic carbocycles. The third-order valence-corrected chi connectivity index (χ3v) is 2.79. The number of nitrogens with zero attached hydrogens (tertiary/aromatic N) is 1. The number of carbonyl (C=O) groups is 1. The Kier molecular flexibility index (Phi) is 4.31. The van der Waals surface area contributed by atoms with Gasteiger partial charge in [-0.25, -0.2) is 0 Å². The lowest BCUT2D eigenvalue weighted by molar-refractivity contribution is -0.188. The zero-order chi connectivity index (χ0) is 11.5. The monoisotopic (exact) mass is 241 g/mol. The van der Waals surface area contributed by atoms with E-state index in [1.807, 2.05) is 0 Å². The van der Waals surface area contributed by atoms with E-state index in [4.69, 9.17) is 0 Å². The van der Waals surface area contributed by atoms with Crippen LogP contribution in [0.15, 0.2) is 0 Å². The summed E-state index contributed by atoms with van der Waals surface area (Å²) in [6, 6.07) is 0. The Labute approximate surface area is 92.2 Å². The molecule has 1 rings (SSSR count). The largest absolute Gasteiger partial charge is 0.393 e. The lowest BCUT2D eigenvalue weighted by Gasteiger charge is -2.33. The van der Waals surface area contributed by atoms with Crippen LogP contribution in [0.3, 0.4) is 0 Å². The molecule has 1 aliphatic rings. The highest BCUT2D eigenvalue weighted by Gasteiger charge is 2.42. The highest BCUT2D eigenvalue weighted by Crippen LogP contribution is 2.33. The zero-order valence-electron chi connectivity index (χ0n) is 8.26. The van der Waals surface area contributed by atoms with E-state index in [9.17, 15) is 18.0 Å². The van der Waals surface area contributed by atoms with Crippen LogP contribution in [0, 0.1) is 5.92 Å². The first-order valence-electron chi connectivity index (χ1n) is 4.90. The van der Waals surface area contributed by atoms with E-state index < -0.39 is 12.1 Å². The number of hydrogen-bond donors (Lipinski definition) is 1. The van der Waals surface area contributed by atoms with Gasteiger partial charge in [-0.05, 0) is 18.6 Å². The van der Waals surface area contributed by atoms with Crippen LogP contribution in [-0.2, 0) is 4.79 Å². The Balaban J connectivity index is 2.52. The lowest BCUT2D eigenvalue weighted by Crippen LogP contribution is -2.44. The number of carbonyl (C=O) groups excluding carboxylic acids is 1. The van der Waals surface area contributed by atoms with Gasteiger partial charge in [0.15, 0.2) is 0 Å². The molecule has 88 valence electrons. The van der Waals surface area contributed by atoms with Gasteiger partial charge in [-0.15, -0.1) is 0 Å². The van der Waals surface area contributed by atoms with Crippen LogP contribution in [-0.4, -0.2) is 35.8 Å². The van der Waals surface area contributed by atoms with Crippen LogP contribution >= 0.6 is 12.6 Å². The van der Waals surface area contributed by atoms with Gasteiger partial charge in [0.25, 0.3) is 0 Å². The third-order valence-electron chi connectivity index (χ3n) is 2.56. The lowest BCUT2D eigenvalue weighted by atomic mass is 9.97. The third kappa shape index (κ3) is 3.59. The predicted molar refractivity (Wildman–Crippen MR) is 53.8 cm³/mol. The number of alkyl halides is 3. The van der Waals surface area contributed by atoms with Crippen molar-refractivity contribution in [2.24, 2.45) is 5.92 Å². The second kappa shape index (κ2) is 5.09. The molecule has 0 radical (unpaired) electrons. The fraction of sp³-hybridized carbons (Fsp3) is 0.889. The maximum atomic E-state index is 12.4. The van der Waals surface area contributed by atoms with Gasteiger partial charge in [0.1, 0.15) is 0 Å². The molecule has 1 atom stereocenters. The summed E-state index contributed by atoms with van der Waals surface area (Å²) < 4.78 is 37.2. The van der Waals surface area contributed by atoms with Gasteiger partial charge < -0.3 is 4.90 Å². The van der Waals surface area contributed by atoms with Gasteiger partial charge in [-0.1, -0.05) is 0 Å². The smallest absolute Gasteiger partial charge is 0.342 e. The number of hydrogen-bond acceptors (Lipinski definition) is 2. The Morgan fingerprint density at radius 2 is 2.13 bits per heavy atom. The Morgan fingerprint density at radius 3 is 2.67 bits per heavy atom. The quantitative estimate of drug-likeness (QED) is 0.734. The summed E-state index contributed by atoms with van der Waals surface area (Å²) in [5.74, 6) is -1.19. The van der Waals surface area contributed by atoms with Crippen molar-refractivity contribution in [3.05, 3.63) is 0 Å². The average molecular weight is 241 g/mol. The van der Waals surface area contributed by atoms with Crippen LogP contribution in [0.1, 0.15) is 19.3 Å². The molecule has 0 N–H and O–H groups in total. The van der Waals surface area contributed by atoms with E-state index in [1.54, 1.807) is 0 Å². The molecule has 0 aromatic carbocycles. The summed E-state index contributed by atoms with van der Waals surface area (Å²) in [6.45, 7) is 0.259. The molecule has 1 aliphatic heterocycles. The molecule has 2 nitrogen and oxygen atoms in total. The van der Waals surface area contributed by atoms with Crippen LogP contribution in [0.5, 0.6) is 0 Å². The summed E-state index contributed by atoms with van der Waals surface area (Å²) in [5.41, 5.74) is 0. The Morgan fingerprint density at radius 1 is 1.47 bits per heavy atom. The minimum absolute atomic E-state index is 0.133. The van der Waals surface area contributed by atoms with Crippen molar-refractivity contribution in [3.8, 4) is 0 Å². The van der Waals surface area contributed by atoms with E-state index in [0.717, 1.165) is 0 Å². The maximum Gasteiger partial charge on any atom is 0.393 e. The standard InChI is InChI=1S/C9H14F3NOS/c10-9(11,12)7-2-1-4-13(6-7)8(14)3-5-15/h7,15H,1-6H2. The number of halogens is 3. The van der Waals surface area contributed by atoms with Crippen molar-refractivity contribution >= 4 is 18.5 Å². The van der Waals surface area contributed by atoms with Gasteiger partial charge in [0.2, 0.25) is 5.91 Å². The van der Waals surface area contributed by atoms with Gasteiger partial charge in [-0.2, -0.15) is 25.8 Å². The topological polar surface area (TPSA) is 20.3 Å². The summed E-state index contributed by atoms with van der Waals surface area (Å²) in [7, 11) is 0. The van der Waals surface area contributed by atoms with Crippen molar-refractivity contribution in [3.63, 3.8) is 0 Å². The molecule has 1 unspecified atom stereocenters. The van der Waals surface area contributed by atoms with Crippen LogP contribution in [0.2, 0.25) is 0 Å². The van der Waals surface area contributed by atoms with E-state index in [0.29, 0.717) is 18.7 Å². The zero-order valence-corrected chi connectivity index (χ0v) is 9.15. The normalized spacial score (nSPS) is 22.9. The molecule has 15 heavy (non-hydrogen) atoms. The first-order valence-corrected chi connectivity index (χ1v) is 5.53. The van der Waals surface area contributed by atoms with Crippen molar-refractivity contribution in [1.29, 1.82) is 0 Å². The minimum Gasteiger partial charge on any atom is -0.342 e. The maximum absolute atomic E-state index is 12.4. The van der Waals surface area contributed by atoms with E-state index in [2.05, 4.69) is 12.6 Å². The Hall–Kier alpha value is -0.390. The fourth-order valence-corrected chi connectivity index (χ4v) is 1.92. The molecule has 6 heteroatoms. The molecule has 0 aromatic heterocycles. The second-order valence-electron chi connectivity index (χ2n) is 3.69. The van der Waals surface area contributed by atoms with Crippen molar-refractivity contribution in [2.75, 3.05) is 18.8 Å². The molecule has 1 amide bonds. The molecular formula is C9H14F3NOS. The van der Waals surface area contributed by atoms with Crippen molar-refractivity contribution < 1.29 is 18.0 Å². The number of likely N-dealkylation sites (tertiary alicyclic amines) is 1. The van der Waals surface area contributed by atoms with Crippen LogP contribution in [0.25, 0.3) is 0 Å². The molecule has 1 fully saturated rings. The first kappa shape index (κ1) is 12.7. The van der Waals surface area contributed by atoms with E-state index in [-0.39, 0.29) is 25.3 Å². The van der Waals surface area contributed by atoms with Gasteiger partial charge >= 0.3 is 6.18 Å². The molecule has 1 heterocycles. The fourth-order valence-electron chi connectivity index (χ4n) is 1.72. The number of amides is 1. The minimum atomic E-state index is -4.18. The van der Waals surface area contributed by atoms with Gasteiger partial charge in [0.05, 0.1) is 5.92 Å². The summed E-state index contributed by atoms with van der Waals surface area (Å²) in [5, 5.41) is 0. The van der Waals surface area contributed by atoms with Crippen molar-refractivity contribution in [2.45, 2.75) is 25.4 Å². The Bertz CT molecular complexity index is 232. The molecule has 0 saturated carbocycles. The second-order valence-corrected chi connectivity index (χ2v) is 4.14. The number of thiol groups is 1. The molecule has 1 saturated heterocycles. The predicted octanol–water partition coefficient (Wildman–Crippen LogP) is 2.11. The van der Waals surface area contributed by atoms with Gasteiger partial charge in [0, 0.05) is 19.5 Å². The summed E-state index contributed by atoms with van der Waals surface area (Å²) in [4.78, 5) is 12.7. The van der Waals surface area contributed by atoms with E-state index in [1.165, 1.54) is 4.90 Å². The first-order chi connectivity index (χ1) is 6.95. The SMILES string of the molecule is O=C(CCS)N1CCCC(C(F)(F)F)C1. The highest BCUT2D eigenvalue weighted by molar-refractivity contribution is 7.80. The summed E-state index contributed by atoms with van der Waals surface area (Å²) in [6.07, 6.45) is -3.40. The molecular weight excluding hydrogens is 227 g/mol. The van der Waals surface area contributed by atoms with Crippen LogP contribution in [0.4, 0.5) is 13.2 Å². The summed E-state index contributed by atoms with van der Waals surface area (Å²) >= 11 is 3.89. The average Bonchev–Trinajstić information content (AvgIpc) is 2.17. The molecule has 0 spiro atoms. The molecule has 0 bridgehead atoms. The number of piperidine rings is 1. The van der Waals surface area contributed by atoms with Crippen molar-refractivity contribution in [1.82, 2.24) is 4.90 Å². The van der Waals surface area contributed by atoms with E-state index >= 15 is 0 Å². The number of rotatable bonds is 2. The highest BCUT2D eigenvalue weighted by atomic mass is 32.1. The van der Waals surface area contributed by atoms with Crippen LogP contribution < -0.4 is 0 Å².